The van der Waals surface area contributed by atoms with E-state index in [4.69, 9.17) is 5.73 Å². The van der Waals surface area contributed by atoms with Crippen molar-refractivity contribution >= 4 is 11.5 Å². The average Bonchev–Trinajstić information content (AvgIpc) is 2.68. The van der Waals surface area contributed by atoms with E-state index < -0.39 is 10.3 Å². The summed E-state index contributed by atoms with van der Waals surface area (Å²) in [7, 11) is 0. The molecule has 0 fully saturated rings. The fraction of sp³-hybridized carbons (Fsp3) is 0.417. The second-order valence-electron chi connectivity index (χ2n) is 5.53. The molecule has 0 bridgehead atoms. The summed E-state index contributed by atoms with van der Waals surface area (Å²) in [5.41, 5.74) is 6.24. The van der Waals surface area contributed by atoms with Crippen LogP contribution in [0.2, 0.25) is 0 Å². The van der Waals surface area contributed by atoms with Gasteiger partial charge in [0.2, 0.25) is 5.82 Å². The van der Waals surface area contributed by atoms with Crippen LogP contribution in [0.1, 0.15) is 32.2 Å². The van der Waals surface area contributed by atoms with Crippen LogP contribution in [0.3, 0.4) is 0 Å². The Labute approximate surface area is 115 Å². The van der Waals surface area contributed by atoms with E-state index in [1.54, 1.807) is 19.1 Å². The van der Waals surface area contributed by atoms with Gasteiger partial charge in [-0.25, -0.2) is 0 Å². The molecule has 106 valence electrons. The molecule has 2 rings (SSSR count). The number of rotatable bonds is 2. The molecule has 0 aromatic carbocycles. The Morgan fingerprint density at radius 3 is 2.35 bits per heavy atom. The van der Waals surface area contributed by atoms with Crippen LogP contribution in [0.25, 0.3) is 5.82 Å². The first-order chi connectivity index (χ1) is 9.21. The third-order valence-electron chi connectivity index (χ3n) is 2.79. The number of anilines is 1. The Kier molecular flexibility index (Phi) is 3.16. The minimum atomic E-state index is -0.513. The number of nitrogens with zero attached hydrogens (tertiary/aromatic N) is 5. The maximum atomic E-state index is 11.2. The van der Waals surface area contributed by atoms with Gasteiger partial charge in [0.25, 0.3) is 0 Å². The lowest BCUT2D eigenvalue weighted by Gasteiger charge is -2.13. The molecule has 8 heteroatoms. The van der Waals surface area contributed by atoms with E-state index in [9.17, 15) is 10.1 Å². The summed E-state index contributed by atoms with van der Waals surface area (Å²) < 4.78 is 1.26. The molecule has 2 N–H and O–H groups in total. The minimum Gasteiger partial charge on any atom is -0.378 e. The zero-order valence-electron chi connectivity index (χ0n) is 11.8. The van der Waals surface area contributed by atoms with Crippen LogP contribution in [0.4, 0.5) is 11.5 Å². The molecular formula is C12H16N6O2. The van der Waals surface area contributed by atoms with Crippen molar-refractivity contribution in [1.29, 1.82) is 0 Å². The standard InChI is InChI=1S/C12H16N6O2/c1-7-5-6-8(15-14-7)17-11(13)9(18(19)20)10(16-17)12(2,3)4/h5-6H,13H2,1-4H3. The maximum absolute atomic E-state index is 11.2. The topological polar surface area (TPSA) is 113 Å². The lowest BCUT2D eigenvalue weighted by Crippen LogP contribution is -2.14. The van der Waals surface area contributed by atoms with E-state index in [2.05, 4.69) is 15.3 Å². The third kappa shape index (κ3) is 2.31. The predicted octanol–water partition coefficient (Wildman–Crippen LogP) is 1.76. The largest absolute Gasteiger partial charge is 0.378 e. The van der Waals surface area contributed by atoms with Gasteiger partial charge in [0.1, 0.15) is 5.69 Å². The Balaban J connectivity index is 2.67. The molecule has 2 aromatic rings. The number of nitrogen functional groups attached to an aromatic ring is 1. The van der Waals surface area contributed by atoms with Crippen molar-refractivity contribution < 1.29 is 4.92 Å². The van der Waals surface area contributed by atoms with Crippen LogP contribution in [0.15, 0.2) is 12.1 Å². The molecule has 0 saturated heterocycles. The summed E-state index contributed by atoms with van der Waals surface area (Å²) in [5.74, 6) is 0.310. The van der Waals surface area contributed by atoms with Gasteiger partial charge in [-0.3, -0.25) is 10.1 Å². The molecule has 0 radical (unpaired) electrons. The second kappa shape index (κ2) is 4.55. The molecule has 0 unspecified atom stereocenters. The first kappa shape index (κ1) is 13.9. The summed E-state index contributed by atoms with van der Waals surface area (Å²) in [4.78, 5) is 10.7. The Bertz CT molecular complexity index is 654. The zero-order valence-corrected chi connectivity index (χ0v) is 11.8. The van der Waals surface area contributed by atoms with Gasteiger partial charge in [0.15, 0.2) is 5.82 Å². The normalized spacial score (nSPS) is 11.6. The molecule has 0 aliphatic carbocycles. The fourth-order valence-corrected chi connectivity index (χ4v) is 1.79. The van der Waals surface area contributed by atoms with E-state index >= 15 is 0 Å². The smallest absolute Gasteiger partial charge is 0.334 e. The van der Waals surface area contributed by atoms with Crippen LogP contribution in [-0.4, -0.2) is 24.9 Å². The van der Waals surface area contributed by atoms with Crippen LogP contribution in [0.5, 0.6) is 0 Å². The van der Waals surface area contributed by atoms with Gasteiger partial charge in [0.05, 0.1) is 10.6 Å². The Hall–Kier alpha value is -2.51. The van der Waals surface area contributed by atoms with E-state index in [0.717, 1.165) is 5.69 Å². The molecular weight excluding hydrogens is 260 g/mol. The second-order valence-corrected chi connectivity index (χ2v) is 5.53. The Morgan fingerprint density at radius 1 is 1.30 bits per heavy atom. The summed E-state index contributed by atoms with van der Waals surface area (Å²) in [6.45, 7) is 7.32. The average molecular weight is 276 g/mol. The van der Waals surface area contributed by atoms with E-state index in [-0.39, 0.29) is 11.5 Å². The predicted molar refractivity (Wildman–Crippen MR) is 73.7 cm³/mol. The Morgan fingerprint density at radius 2 is 1.95 bits per heavy atom. The molecule has 0 aliphatic rings. The number of aryl methyl sites for hydroxylation is 1. The van der Waals surface area contributed by atoms with Crippen LogP contribution in [-0.2, 0) is 5.41 Å². The van der Waals surface area contributed by atoms with Crippen molar-refractivity contribution in [3.63, 3.8) is 0 Å². The van der Waals surface area contributed by atoms with Gasteiger partial charge in [0, 0.05) is 5.41 Å². The SMILES string of the molecule is Cc1ccc(-n2nc(C(C)(C)C)c([N+](=O)[O-])c2N)nn1. The molecule has 0 spiro atoms. The number of nitro groups is 1. The highest BCUT2D eigenvalue weighted by atomic mass is 16.6. The maximum Gasteiger partial charge on any atom is 0.334 e. The van der Waals surface area contributed by atoms with Crippen molar-refractivity contribution in [2.24, 2.45) is 0 Å². The molecule has 2 aromatic heterocycles. The number of nitrogens with two attached hydrogens (primary N) is 1. The van der Waals surface area contributed by atoms with Crippen molar-refractivity contribution in [3.8, 4) is 5.82 Å². The summed E-state index contributed by atoms with van der Waals surface area (Å²) >= 11 is 0. The van der Waals surface area contributed by atoms with Gasteiger partial charge in [-0.05, 0) is 19.1 Å². The van der Waals surface area contributed by atoms with E-state index in [1.165, 1.54) is 4.68 Å². The highest BCUT2D eigenvalue weighted by molar-refractivity contribution is 5.60. The minimum absolute atomic E-state index is 0.0434. The van der Waals surface area contributed by atoms with Gasteiger partial charge < -0.3 is 5.73 Å². The van der Waals surface area contributed by atoms with E-state index in [1.807, 2.05) is 20.8 Å². The summed E-state index contributed by atoms with van der Waals surface area (Å²) in [6.07, 6.45) is 0. The lowest BCUT2D eigenvalue weighted by molar-refractivity contribution is -0.385. The number of hydrogen-bond acceptors (Lipinski definition) is 6. The van der Waals surface area contributed by atoms with Crippen molar-refractivity contribution in [2.75, 3.05) is 5.73 Å². The monoisotopic (exact) mass is 276 g/mol. The summed E-state index contributed by atoms with van der Waals surface area (Å²) in [6, 6.07) is 3.41. The van der Waals surface area contributed by atoms with Crippen molar-refractivity contribution in [1.82, 2.24) is 20.0 Å². The van der Waals surface area contributed by atoms with Gasteiger partial charge >= 0.3 is 5.69 Å². The number of aromatic nitrogens is 4. The molecule has 20 heavy (non-hydrogen) atoms. The highest BCUT2D eigenvalue weighted by Crippen LogP contribution is 2.35. The molecule has 0 atom stereocenters. The van der Waals surface area contributed by atoms with Crippen LogP contribution >= 0.6 is 0 Å². The van der Waals surface area contributed by atoms with E-state index in [0.29, 0.717) is 11.5 Å². The van der Waals surface area contributed by atoms with Gasteiger partial charge in [-0.2, -0.15) is 14.9 Å². The van der Waals surface area contributed by atoms with Crippen LogP contribution < -0.4 is 5.73 Å². The van der Waals surface area contributed by atoms with Crippen molar-refractivity contribution in [2.45, 2.75) is 33.1 Å². The van der Waals surface area contributed by atoms with Crippen molar-refractivity contribution in [3.05, 3.63) is 33.6 Å². The molecule has 8 nitrogen and oxygen atoms in total. The first-order valence-corrected chi connectivity index (χ1v) is 6.06. The van der Waals surface area contributed by atoms with Gasteiger partial charge in [-0.15, -0.1) is 5.10 Å². The molecule has 0 aliphatic heterocycles. The quantitative estimate of drug-likeness (QED) is 0.660. The fourth-order valence-electron chi connectivity index (χ4n) is 1.79. The molecule has 0 amide bonds. The van der Waals surface area contributed by atoms with Gasteiger partial charge in [-0.1, -0.05) is 20.8 Å². The summed E-state index contributed by atoms with van der Waals surface area (Å²) in [5, 5.41) is 23.3. The number of hydrogen-bond donors (Lipinski definition) is 1. The molecule has 0 saturated carbocycles. The van der Waals surface area contributed by atoms with Crippen LogP contribution in [0, 0.1) is 17.0 Å². The molecule has 2 heterocycles. The third-order valence-corrected chi connectivity index (χ3v) is 2.79. The zero-order chi connectivity index (χ0) is 15.1. The first-order valence-electron chi connectivity index (χ1n) is 6.06. The lowest BCUT2D eigenvalue weighted by atomic mass is 9.91. The highest BCUT2D eigenvalue weighted by Gasteiger charge is 2.34.